The molecule has 2 N–H and O–H groups in total. The topological polar surface area (TPSA) is 67.4 Å². The van der Waals surface area contributed by atoms with Gasteiger partial charge in [-0.1, -0.05) is 11.6 Å². The minimum absolute atomic E-state index is 0.0691. The fourth-order valence-electron chi connectivity index (χ4n) is 1.62. The molecule has 0 bridgehead atoms. The molecule has 0 radical (unpaired) electrons. The monoisotopic (exact) mass is 346 g/mol. The Morgan fingerprint density at radius 2 is 1.82 bits per heavy atom. The highest BCUT2D eigenvalue weighted by Gasteiger charge is 2.13. The van der Waals surface area contributed by atoms with Crippen LogP contribution in [0.2, 0.25) is 5.02 Å². The molecule has 1 rings (SSSR count). The maximum Gasteiger partial charge on any atom is 0.260 e. The number of halogens is 2. The Balaban J connectivity index is 2.21. The molecule has 0 heterocycles. The minimum Gasteiger partial charge on any atom is -0.481 e. The number of hydrogen-bond acceptors (Lipinski definition) is 3. The van der Waals surface area contributed by atoms with Gasteiger partial charge in [-0.15, -0.1) is 11.6 Å². The second-order valence-corrected chi connectivity index (χ2v) is 5.46. The number of nitrogens with one attached hydrogen (secondary N) is 2. The van der Waals surface area contributed by atoms with E-state index in [0.29, 0.717) is 42.6 Å². The number of amides is 2. The summed E-state index contributed by atoms with van der Waals surface area (Å²) in [4.78, 5) is 23.2. The van der Waals surface area contributed by atoms with Crippen molar-refractivity contribution in [3.05, 3.63) is 29.3 Å². The van der Waals surface area contributed by atoms with Crippen molar-refractivity contribution in [3.63, 3.8) is 0 Å². The number of carbonyl (C=O) groups excluding carboxylic acids is 2. The van der Waals surface area contributed by atoms with E-state index in [4.69, 9.17) is 27.9 Å². The Labute approximate surface area is 140 Å². The number of hydrogen-bond donors (Lipinski definition) is 2. The van der Waals surface area contributed by atoms with Crippen LogP contribution in [0.15, 0.2) is 24.3 Å². The fraction of sp³-hybridized carbons (Fsp3) is 0.467. The summed E-state index contributed by atoms with van der Waals surface area (Å²) >= 11 is 11.3. The van der Waals surface area contributed by atoms with Gasteiger partial charge in [-0.2, -0.15) is 0 Å². The van der Waals surface area contributed by atoms with Gasteiger partial charge >= 0.3 is 0 Å². The van der Waals surface area contributed by atoms with Crippen molar-refractivity contribution in [3.8, 4) is 5.75 Å². The van der Waals surface area contributed by atoms with Gasteiger partial charge in [0.15, 0.2) is 6.10 Å². The third-order valence-corrected chi connectivity index (χ3v) is 3.30. The molecule has 2 amide bonds. The zero-order chi connectivity index (χ0) is 16.4. The normalized spacial score (nSPS) is 11.6. The van der Waals surface area contributed by atoms with Crippen molar-refractivity contribution in [2.24, 2.45) is 0 Å². The van der Waals surface area contributed by atoms with E-state index in [1.54, 1.807) is 31.2 Å². The molecule has 122 valence electrons. The Kier molecular flexibility index (Phi) is 8.70. The van der Waals surface area contributed by atoms with E-state index in [0.717, 1.165) is 0 Å². The zero-order valence-electron chi connectivity index (χ0n) is 12.4. The van der Waals surface area contributed by atoms with Crippen molar-refractivity contribution in [1.29, 1.82) is 0 Å². The zero-order valence-corrected chi connectivity index (χ0v) is 13.9. The Bertz CT molecular complexity index is 480. The highest BCUT2D eigenvalue weighted by Crippen LogP contribution is 2.16. The van der Waals surface area contributed by atoms with Crippen LogP contribution >= 0.6 is 23.2 Å². The third kappa shape index (κ3) is 7.52. The molecule has 7 heteroatoms. The second-order valence-electron chi connectivity index (χ2n) is 4.65. The molecule has 0 aliphatic heterocycles. The molecule has 1 unspecified atom stereocenters. The Morgan fingerprint density at radius 3 is 2.45 bits per heavy atom. The molecular formula is C15H20Cl2N2O3. The number of ether oxygens (including phenoxy) is 1. The predicted octanol–water partition coefficient (Wildman–Crippen LogP) is 2.36. The van der Waals surface area contributed by atoms with Gasteiger partial charge in [0.05, 0.1) is 0 Å². The van der Waals surface area contributed by atoms with Gasteiger partial charge in [0.1, 0.15) is 5.75 Å². The largest absolute Gasteiger partial charge is 0.481 e. The highest BCUT2D eigenvalue weighted by atomic mass is 35.5. The van der Waals surface area contributed by atoms with Crippen LogP contribution in [0.25, 0.3) is 0 Å². The lowest BCUT2D eigenvalue weighted by atomic mass is 10.3. The lowest BCUT2D eigenvalue weighted by Gasteiger charge is -2.15. The lowest BCUT2D eigenvalue weighted by molar-refractivity contribution is -0.127. The maximum atomic E-state index is 11.8. The SMILES string of the molecule is CC(Oc1ccc(Cl)cc1)C(=O)NCCNC(=O)CCCCl. The van der Waals surface area contributed by atoms with Gasteiger partial charge in [-0.25, -0.2) is 0 Å². The number of carbonyl (C=O) groups is 2. The minimum atomic E-state index is -0.631. The molecule has 5 nitrogen and oxygen atoms in total. The molecule has 1 aromatic rings. The van der Waals surface area contributed by atoms with Crippen molar-refractivity contribution in [2.45, 2.75) is 25.9 Å². The highest BCUT2D eigenvalue weighted by molar-refractivity contribution is 6.30. The number of rotatable bonds is 9. The molecule has 0 fully saturated rings. The predicted molar refractivity (Wildman–Crippen MR) is 87.5 cm³/mol. The fourth-order valence-corrected chi connectivity index (χ4v) is 1.88. The first-order chi connectivity index (χ1) is 10.5. The van der Waals surface area contributed by atoms with Crippen LogP contribution in [0.3, 0.4) is 0 Å². The van der Waals surface area contributed by atoms with E-state index in [1.807, 2.05) is 0 Å². The molecule has 0 spiro atoms. The molecule has 22 heavy (non-hydrogen) atoms. The van der Waals surface area contributed by atoms with Crippen molar-refractivity contribution < 1.29 is 14.3 Å². The lowest BCUT2D eigenvalue weighted by Crippen LogP contribution is -2.40. The van der Waals surface area contributed by atoms with Gasteiger partial charge in [0.25, 0.3) is 5.91 Å². The van der Waals surface area contributed by atoms with Crippen LogP contribution in [0.5, 0.6) is 5.75 Å². The summed E-state index contributed by atoms with van der Waals surface area (Å²) in [6, 6.07) is 6.78. The van der Waals surface area contributed by atoms with Gasteiger partial charge < -0.3 is 15.4 Å². The van der Waals surface area contributed by atoms with E-state index < -0.39 is 6.10 Å². The summed E-state index contributed by atoms with van der Waals surface area (Å²) in [6.45, 7) is 2.38. The molecule has 0 aromatic heterocycles. The molecule has 0 saturated carbocycles. The molecule has 1 atom stereocenters. The van der Waals surface area contributed by atoms with Crippen LogP contribution in [0.4, 0.5) is 0 Å². The summed E-state index contributed by atoms with van der Waals surface area (Å²) in [7, 11) is 0. The molecule has 1 aromatic carbocycles. The third-order valence-electron chi connectivity index (χ3n) is 2.78. The summed E-state index contributed by atoms with van der Waals surface area (Å²) in [5.74, 6) is 0.718. The van der Waals surface area contributed by atoms with Gasteiger partial charge in [0.2, 0.25) is 5.91 Å². The van der Waals surface area contributed by atoms with Gasteiger partial charge in [0, 0.05) is 30.4 Å². The van der Waals surface area contributed by atoms with E-state index in [9.17, 15) is 9.59 Å². The van der Waals surface area contributed by atoms with Crippen LogP contribution < -0.4 is 15.4 Å². The molecular weight excluding hydrogens is 327 g/mol. The Morgan fingerprint density at radius 1 is 1.18 bits per heavy atom. The van der Waals surface area contributed by atoms with Crippen LogP contribution in [-0.2, 0) is 9.59 Å². The van der Waals surface area contributed by atoms with E-state index in [2.05, 4.69) is 10.6 Å². The van der Waals surface area contributed by atoms with E-state index in [-0.39, 0.29) is 11.8 Å². The average Bonchev–Trinajstić information content (AvgIpc) is 2.51. The van der Waals surface area contributed by atoms with Crippen molar-refractivity contribution >= 4 is 35.0 Å². The van der Waals surface area contributed by atoms with Crippen LogP contribution in [-0.4, -0.2) is 36.9 Å². The first-order valence-electron chi connectivity index (χ1n) is 7.05. The maximum absolute atomic E-state index is 11.8. The summed E-state index contributed by atoms with van der Waals surface area (Å²) in [5.41, 5.74) is 0. The average molecular weight is 347 g/mol. The second kappa shape index (κ2) is 10.3. The number of alkyl halides is 1. The van der Waals surface area contributed by atoms with Crippen molar-refractivity contribution in [1.82, 2.24) is 10.6 Å². The van der Waals surface area contributed by atoms with E-state index >= 15 is 0 Å². The van der Waals surface area contributed by atoms with Crippen LogP contribution in [0.1, 0.15) is 19.8 Å². The number of benzene rings is 1. The smallest absolute Gasteiger partial charge is 0.260 e. The van der Waals surface area contributed by atoms with Crippen LogP contribution in [0, 0.1) is 0 Å². The van der Waals surface area contributed by atoms with E-state index in [1.165, 1.54) is 0 Å². The first-order valence-corrected chi connectivity index (χ1v) is 7.96. The van der Waals surface area contributed by atoms with Gasteiger partial charge in [-0.05, 0) is 37.6 Å². The molecule has 0 aliphatic rings. The Hall–Kier alpha value is -1.46. The van der Waals surface area contributed by atoms with Crippen molar-refractivity contribution in [2.75, 3.05) is 19.0 Å². The summed E-state index contributed by atoms with van der Waals surface area (Å²) < 4.78 is 5.49. The standard InChI is InChI=1S/C15H20Cl2N2O3/c1-11(22-13-6-4-12(17)5-7-13)15(21)19-10-9-18-14(20)3-2-8-16/h4-7,11H,2-3,8-10H2,1H3,(H,18,20)(H,19,21). The quantitative estimate of drug-likeness (QED) is 0.532. The van der Waals surface area contributed by atoms with Gasteiger partial charge in [-0.3, -0.25) is 9.59 Å². The summed E-state index contributed by atoms with van der Waals surface area (Å²) in [6.07, 6.45) is 0.410. The molecule has 0 aliphatic carbocycles. The molecule has 0 saturated heterocycles. The first kappa shape index (κ1) is 18.6. The summed E-state index contributed by atoms with van der Waals surface area (Å²) in [5, 5.41) is 6.00.